The molecule has 0 bridgehead atoms. The van der Waals surface area contributed by atoms with Crippen LogP contribution in [0.3, 0.4) is 0 Å². The van der Waals surface area contributed by atoms with Crippen LogP contribution < -0.4 is 0 Å². The minimum atomic E-state index is -4.12. The van der Waals surface area contributed by atoms with Crippen LogP contribution in [0.5, 0.6) is 0 Å². The number of hydrogen-bond donors (Lipinski definition) is 1. The molecule has 2 aliphatic rings. The number of carbonyl (C=O) groups excluding carboxylic acids is 1. The summed E-state index contributed by atoms with van der Waals surface area (Å²) in [4.78, 5) is 19.2. The van der Waals surface area contributed by atoms with E-state index in [4.69, 9.17) is 4.28 Å². The van der Waals surface area contributed by atoms with Gasteiger partial charge in [0.25, 0.3) is 5.91 Å². The Morgan fingerprint density at radius 1 is 0.889 bits per heavy atom. The monoisotopic (exact) mass is 501 g/mol. The molecule has 3 heterocycles. The number of hydrogen-bond acceptors (Lipinski definition) is 5. The second-order valence-corrected chi connectivity index (χ2v) is 11.0. The highest BCUT2D eigenvalue weighted by molar-refractivity contribution is 7.86. The number of aromatic nitrogens is 1. The Bertz CT molecular complexity index is 1540. The van der Waals surface area contributed by atoms with Crippen molar-refractivity contribution in [2.75, 3.05) is 13.1 Å². The molecule has 0 radical (unpaired) electrons. The third-order valence-electron chi connectivity index (χ3n) is 6.96. The van der Waals surface area contributed by atoms with Crippen LogP contribution in [0.15, 0.2) is 77.7 Å². The van der Waals surface area contributed by atoms with Crippen LogP contribution in [0, 0.1) is 0 Å². The molecule has 7 nitrogen and oxygen atoms in total. The molecule has 4 aromatic rings. The van der Waals surface area contributed by atoms with Gasteiger partial charge in [0.15, 0.2) is 0 Å². The van der Waals surface area contributed by atoms with Crippen molar-refractivity contribution in [3.05, 3.63) is 89.5 Å². The zero-order valence-corrected chi connectivity index (χ0v) is 20.6. The number of carbonyl (C=O) groups is 1. The Balaban J connectivity index is 1.28. The zero-order chi connectivity index (χ0) is 24.7. The minimum absolute atomic E-state index is 0.00459. The van der Waals surface area contributed by atoms with Gasteiger partial charge in [-0.2, -0.15) is 13.5 Å². The first-order chi connectivity index (χ1) is 17.5. The fourth-order valence-electron chi connectivity index (χ4n) is 5.17. The number of piperidine rings is 1. The van der Waals surface area contributed by atoms with Crippen molar-refractivity contribution in [2.24, 2.45) is 0 Å². The maximum atomic E-state index is 13.3. The van der Waals surface area contributed by atoms with Gasteiger partial charge in [-0.1, -0.05) is 48.9 Å². The molecule has 0 atom stereocenters. The van der Waals surface area contributed by atoms with Crippen molar-refractivity contribution < 1.29 is 17.5 Å². The number of H-pyrrole nitrogens is 1. The molecule has 184 valence electrons. The van der Waals surface area contributed by atoms with Gasteiger partial charge in [-0.25, -0.2) is 0 Å². The molecule has 8 heteroatoms. The standard InChI is InChI=1S/C28H27N3O4S/c32-28-27-21(19-31(28)35-36(33,34)23-9-3-1-4-10-23)8-7-11-24(27)26-17-22-16-20(12-13-25(22)29-26)18-30-14-5-2-6-15-30/h1,3-4,7-13,16-17,29H,2,5-6,14-15,18-19H2. The van der Waals surface area contributed by atoms with Crippen molar-refractivity contribution in [1.82, 2.24) is 14.9 Å². The van der Waals surface area contributed by atoms with Crippen molar-refractivity contribution >= 4 is 26.9 Å². The van der Waals surface area contributed by atoms with Crippen molar-refractivity contribution in [1.29, 1.82) is 0 Å². The van der Waals surface area contributed by atoms with E-state index < -0.39 is 16.0 Å². The van der Waals surface area contributed by atoms with Gasteiger partial charge in [0.2, 0.25) is 0 Å². The number of nitrogens with one attached hydrogen (secondary N) is 1. The molecule has 0 spiro atoms. The lowest BCUT2D eigenvalue weighted by Gasteiger charge is -2.26. The van der Waals surface area contributed by atoms with Crippen molar-refractivity contribution in [2.45, 2.75) is 37.2 Å². The number of amides is 1. The zero-order valence-electron chi connectivity index (χ0n) is 19.8. The molecule has 1 saturated heterocycles. The van der Waals surface area contributed by atoms with Crippen molar-refractivity contribution in [3.63, 3.8) is 0 Å². The number of benzene rings is 3. The second kappa shape index (κ2) is 9.20. The molecule has 1 aromatic heterocycles. The van der Waals surface area contributed by atoms with Crippen LogP contribution in [-0.4, -0.2) is 42.4 Å². The lowest BCUT2D eigenvalue weighted by molar-refractivity contribution is -0.0269. The van der Waals surface area contributed by atoms with Crippen LogP contribution in [0.1, 0.15) is 40.7 Å². The third-order valence-corrected chi connectivity index (χ3v) is 8.18. The molecule has 1 N–H and O–H groups in total. The predicted molar refractivity (Wildman–Crippen MR) is 137 cm³/mol. The number of fused-ring (bicyclic) bond motifs is 2. The van der Waals surface area contributed by atoms with Gasteiger partial charge in [-0.05, 0) is 67.4 Å². The molecule has 6 rings (SSSR count). The molecule has 0 unspecified atom stereocenters. The highest BCUT2D eigenvalue weighted by Gasteiger charge is 2.35. The maximum absolute atomic E-state index is 13.3. The van der Waals surface area contributed by atoms with E-state index in [1.165, 1.54) is 37.0 Å². The van der Waals surface area contributed by atoms with Crippen LogP contribution in [0.4, 0.5) is 0 Å². The Kier molecular flexibility index (Phi) is 5.87. The Labute approximate surface area is 210 Å². The first kappa shape index (κ1) is 23.0. The molecule has 0 aliphatic carbocycles. The predicted octanol–water partition coefficient (Wildman–Crippen LogP) is 5.10. The van der Waals surface area contributed by atoms with Crippen LogP contribution in [-0.2, 0) is 27.5 Å². The lowest BCUT2D eigenvalue weighted by atomic mass is 10.0. The van der Waals surface area contributed by atoms with Gasteiger partial charge in [0.05, 0.1) is 17.0 Å². The largest absolute Gasteiger partial charge is 0.355 e. The highest BCUT2D eigenvalue weighted by atomic mass is 32.2. The number of hydroxylamine groups is 2. The van der Waals surface area contributed by atoms with E-state index >= 15 is 0 Å². The van der Waals surface area contributed by atoms with Crippen LogP contribution >= 0.6 is 0 Å². The molecule has 2 aliphatic heterocycles. The van der Waals surface area contributed by atoms with E-state index in [2.05, 4.69) is 34.1 Å². The van der Waals surface area contributed by atoms with E-state index in [9.17, 15) is 13.2 Å². The lowest BCUT2D eigenvalue weighted by Crippen LogP contribution is -2.28. The van der Waals surface area contributed by atoms with Gasteiger partial charge < -0.3 is 4.98 Å². The molecule has 3 aromatic carbocycles. The Hall–Kier alpha value is -3.46. The SMILES string of the molecule is O=C1c2c(cccc2-c2cc3cc(CN4CCCCC4)ccc3[nH]2)CN1OS(=O)(=O)c1ccccc1. The summed E-state index contributed by atoms with van der Waals surface area (Å²) in [5.74, 6) is -0.468. The van der Waals surface area contributed by atoms with E-state index in [0.717, 1.165) is 52.4 Å². The second-order valence-electron chi connectivity index (χ2n) is 9.46. The normalized spacial score (nSPS) is 16.6. The molecular formula is C28H27N3O4S. The van der Waals surface area contributed by atoms with Gasteiger partial charge in [-0.3, -0.25) is 9.69 Å². The summed E-state index contributed by atoms with van der Waals surface area (Å²) in [6.07, 6.45) is 3.84. The number of likely N-dealkylation sites (tertiary alicyclic amines) is 1. The van der Waals surface area contributed by atoms with E-state index in [1.807, 2.05) is 18.2 Å². The molecular weight excluding hydrogens is 474 g/mol. The summed E-state index contributed by atoms with van der Waals surface area (Å²) in [7, 11) is -4.12. The maximum Gasteiger partial charge on any atom is 0.317 e. The molecule has 1 fully saturated rings. The number of rotatable bonds is 6. The smallest absolute Gasteiger partial charge is 0.317 e. The molecule has 36 heavy (non-hydrogen) atoms. The summed E-state index contributed by atoms with van der Waals surface area (Å²) in [5, 5.41) is 2.01. The summed E-state index contributed by atoms with van der Waals surface area (Å²) in [5.41, 5.74) is 5.00. The first-order valence-corrected chi connectivity index (χ1v) is 13.7. The van der Waals surface area contributed by atoms with Gasteiger partial charge in [0.1, 0.15) is 0 Å². The third kappa shape index (κ3) is 4.32. The first-order valence-electron chi connectivity index (χ1n) is 12.3. The number of aromatic amines is 1. The van der Waals surface area contributed by atoms with Crippen molar-refractivity contribution in [3.8, 4) is 11.3 Å². The average molecular weight is 502 g/mol. The van der Waals surface area contributed by atoms with E-state index in [1.54, 1.807) is 18.2 Å². The summed E-state index contributed by atoms with van der Waals surface area (Å²) in [6.45, 7) is 3.30. The fraction of sp³-hybridized carbons (Fsp3) is 0.250. The number of nitrogens with zero attached hydrogens (tertiary/aromatic N) is 2. The van der Waals surface area contributed by atoms with Gasteiger partial charge in [-0.15, -0.1) is 4.28 Å². The quantitative estimate of drug-likeness (QED) is 0.398. The van der Waals surface area contributed by atoms with E-state index in [-0.39, 0.29) is 11.4 Å². The van der Waals surface area contributed by atoms with E-state index in [0.29, 0.717) is 5.56 Å². The van der Waals surface area contributed by atoms with Gasteiger partial charge in [0, 0.05) is 28.7 Å². The highest BCUT2D eigenvalue weighted by Crippen LogP contribution is 2.35. The topological polar surface area (TPSA) is 82.7 Å². The van der Waals surface area contributed by atoms with Crippen LogP contribution in [0.25, 0.3) is 22.2 Å². The summed E-state index contributed by atoms with van der Waals surface area (Å²) in [6, 6.07) is 21.9. The Morgan fingerprint density at radius 3 is 2.50 bits per heavy atom. The fourth-order valence-corrected chi connectivity index (χ4v) is 6.10. The van der Waals surface area contributed by atoms with Crippen LogP contribution in [0.2, 0.25) is 0 Å². The average Bonchev–Trinajstić information content (AvgIpc) is 3.45. The summed E-state index contributed by atoms with van der Waals surface area (Å²) >= 11 is 0. The molecule has 0 saturated carbocycles. The van der Waals surface area contributed by atoms with Gasteiger partial charge >= 0.3 is 10.1 Å². The molecule has 1 amide bonds. The summed E-state index contributed by atoms with van der Waals surface area (Å²) < 4.78 is 30.7. The minimum Gasteiger partial charge on any atom is -0.355 e. The Morgan fingerprint density at radius 2 is 1.69 bits per heavy atom.